The highest BCUT2D eigenvalue weighted by Gasteiger charge is 2.18. The molecule has 0 amide bonds. The van der Waals surface area contributed by atoms with Crippen LogP contribution in [-0.4, -0.2) is 17.7 Å². The summed E-state index contributed by atoms with van der Waals surface area (Å²) < 4.78 is 3.69. The first-order valence-corrected chi connectivity index (χ1v) is 8.10. The molecule has 1 aromatic carbocycles. The van der Waals surface area contributed by atoms with Crippen LogP contribution in [0.3, 0.4) is 0 Å². The number of nitrogens with zero attached hydrogens (tertiary/aromatic N) is 1. The Balaban J connectivity index is 1.91. The van der Waals surface area contributed by atoms with Crippen LogP contribution >= 0.6 is 22.9 Å². The summed E-state index contributed by atoms with van der Waals surface area (Å²) in [6.07, 6.45) is 4.44. The van der Waals surface area contributed by atoms with Gasteiger partial charge in [0.1, 0.15) is 0 Å². The van der Waals surface area contributed by atoms with E-state index in [-0.39, 0.29) is 0 Å². The minimum absolute atomic E-state index is 0.783. The van der Waals surface area contributed by atoms with Crippen LogP contribution in [0.15, 0.2) is 36.5 Å². The average molecular weight is 303 g/mol. The Morgan fingerprint density at radius 3 is 2.70 bits per heavy atom. The third kappa shape index (κ3) is 1.97. The summed E-state index contributed by atoms with van der Waals surface area (Å²) in [6.45, 7) is 2.17. The van der Waals surface area contributed by atoms with Gasteiger partial charge in [-0.15, -0.1) is 11.3 Å². The predicted octanol–water partition coefficient (Wildman–Crippen LogP) is 4.03. The van der Waals surface area contributed by atoms with Gasteiger partial charge in [0.05, 0.1) is 10.2 Å². The van der Waals surface area contributed by atoms with Crippen molar-refractivity contribution in [3.8, 4) is 5.69 Å². The van der Waals surface area contributed by atoms with E-state index in [1.165, 1.54) is 21.5 Å². The van der Waals surface area contributed by atoms with Crippen LogP contribution in [-0.2, 0) is 12.8 Å². The fourth-order valence-electron chi connectivity index (χ4n) is 2.93. The fourth-order valence-corrected chi connectivity index (χ4v) is 4.30. The predicted molar refractivity (Wildman–Crippen MR) is 86.4 cm³/mol. The maximum absolute atomic E-state index is 5.99. The molecule has 0 bridgehead atoms. The van der Waals surface area contributed by atoms with Crippen LogP contribution in [0.1, 0.15) is 10.4 Å². The molecule has 0 spiro atoms. The molecule has 0 unspecified atom stereocenters. The van der Waals surface area contributed by atoms with Crippen molar-refractivity contribution in [3.63, 3.8) is 0 Å². The van der Waals surface area contributed by atoms with Crippen molar-refractivity contribution in [2.24, 2.45) is 0 Å². The molecule has 1 aliphatic heterocycles. The molecule has 0 radical (unpaired) electrons. The number of fused-ring (bicyclic) bond motifs is 3. The van der Waals surface area contributed by atoms with Crippen molar-refractivity contribution in [2.45, 2.75) is 12.8 Å². The summed E-state index contributed by atoms with van der Waals surface area (Å²) in [6, 6.07) is 10.3. The maximum atomic E-state index is 5.99. The molecule has 0 aliphatic carbocycles. The first-order valence-electron chi connectivity index (χ1n) is 6.91. The monoisotopic (exact) mass is 302 g/mol. The zero-order valence-corrected chi connectivity index (χ0v) is 12.6. The molecule has 0 saturated carbocycles. The van der Waals surface area contributed by atoms with E-state index in [0.29, 0.717) is 0 Å². The van der Waals surface area contributed by atoms with E-state index in [0.717, 1.165) is 31.0 Å². The summed E-state index contributed by atoms with van der Waals surface area (Å²) >= 11 is 7.94. The molecule has 3 aromatic rings. The Morgan fingerprint density at radius 1 is 1.05 bits per heavy atom. The second-order valence-corrected chi connectivity index (χ2v) is 6.70. The summed E-state index contributed by atoms with van der Waals surface area (Å²) in [5, 5.41) is 4.27. The quantitative estimate of drug-likeness (QED) is 0.718. The highest BCUT2D eigenvalue weighted by Crippen LogP contribution is 2.35. The Hall–Kier alpha value is -1.29. The van der Waals surface area contributed by atoms with E-state index in [1.807, 2.05) is 23.5 Å². The number of nitrogens with one attached hydrogen (secondary N) is 1. The smallest absolute Gasteiger partial charge is 0.0671 e. The van der Waals surface area contributed by atoms with Gasteiger partial charge < -0.3 is 9.88 Å². The maximum Gasteiger partial charge on any atom is 0.0671 e. The molecular formula is C16H15ClN2S. The van der Waals surface area contributed by atoms with Gasteiger partial charge in [0.15, 0.2) is 0 Å². The van der Waals surface area contributed by atoms with E-state index >= 15 is 0 Å². The van der Waals surface area contributed by atoms with E-state index in [9.17, 15) is 0 Å². The van der Waals surface area contributed by atoms with Gasteiger partial charge in [0.2, 0.25) is 0 Å². The lowest BCUT2D eigenvalue weighted by atomic mass is 10.1. The van der Waals surface area contributed by atoms with Crippen molar-refractivity contribution in [1.29, 1.82) is 0 Å². The van der Waals surface area contributed by atoms with Gasteiger partial charge in [-0.3, -0.25) is 0 Å². The lowest BCUT2D eigenvalue weighted by Crippen LogP contribution is -2.16. The molecule has 2 nitrogen and oxygen atoms in total. The largest absolute Gasteiger partial charge is 0.316 e. The topological polar surface area (TPSA) is 17.0 Å². The molecule has 4 rings (SSSR count). The third-order valence-corrected chi connectivity index (χ3v) is 5.39. The minimum atomic E-state index is 0.783. The van der Waals surface area contributed by atoms with Crippen LogP contribution < -0.4 is 5.32 Å². The Morgan fingerprint density at radius 2 is 1.85 bits per heavy atom. The van der Waals surface area contributed by atoms with Crippen LogP contribution in [0.4, 0.5) is 0 Å². The number of thiophene rings is 1. The zero-order chi connectivity index (χ0) is 13.5. The number of halogens is 1. The first kappa shape index (κ1) is 12.5. The van der Waals surface area contributed by atoms with Gasteiger partial charge in [0, 0.05) is 21.8 Å². The molecular weight excluding hydrogens is 288 g/mol. The normalized spacial score (nSPS) is 15.2. The Bertz CT molecular complexity index is 755. The summed E-state index contributed by atoms with van der Waals surface area (Å²) in [5.74, 6) is 0. The second-order valence-electron chi connectivity index (χ2n) is 5.13. The molecule has 0 saturated heterocycles. The van der Waals surface area contributed by atoms with Crippen molar-refractivity contribution in [3.05, 3.63) is 52.0 Å². The third-order valence-electron chi connectivity index (χ3n) is 3.89. The molecule has 3 heterocycles. The number of hydrogen-bond acceptors (Lipinski definition) is 2. The van der Waals surface area contributed by atoms with E-state index < -0.39 is 0 Å². The van der Waals surface area contributed by atoms with Crippen LogP contribution in [0.2, 0.25) is 5.02 Å². The highest BCUT2D eigenvalue weighted by atomic mass is 35.5. The molecule has 0 atom stereocenters. The van der Waals surface area contributed by atoms with Crippen LogP contribution in [0.5, 0.6) is 0 Å². The standard InChI is InChI=1S/C16H15ClN2S/c17-11-1-3-12(4-2-11)19-10-7-15-16(19)13-5-8-18-9-6-14(13)20-15/h1-4,7,10,18H,5-6,8-9H2. The SMILES string of the molecule is Clc1ccc(-n2ccc3sc4c(c32)CCNCC4)cc1. The summed E-state index contributed by atoms with van der Waals surface area (Å²) in [7, 11) is 0. The van der Waals surface area contributed by atoms with Crippen LogP contribution in [0, 0.1) is 0 Å². The van der Waals surface area contributed by atoms with Gasteiger partial charge in [-0.25, -0.2) is 0 Å². The summed E-state index contributed by atoms with van der Waals surface area (Å²) in [4.78, 5) is 1.54. The molecule has 1 aliphatic rings. The van der Waals surface area contributed by atoms with Crippen molar-refractivity contribution in [2.75, 3.05) is 13.1 Å². The Labute approximate surface area is 127 Å². The van der Waals surface area contributed by atoms with Crippen molar-refractivity contribution in [1.82, 2.24) is 9.88 Å². The van der Waals surface area contributed by atoms with E-state index in [4.69, 9.17) is 11.6 Å². The lowest BCUT2D eigenvalue weighted by molar-refractivity contribution is 0.712. The molecule has 102 valence electrons. The van der Waals surface area contributed by atoms with Gasteiger partial charge in [-0.1, -0.05) is 11.6 Å². The summed E-state index contributed by atoms with van der Waals surface area (Å²) in [5.41, 5.74) is 4.09. The second kappa shape index (κ2) is 4.92. The molecule has 0 fully saturated rings. The number of rotatable bonds is 1. The van der Waals surface area contributed by atoms with Crippen LogP contribution in [0.25, 0.3) is 15.9 Å². The highest BCUT2D eigenvalue weighted by molar-refractivity contribution is 7.19. The minimum Gasteiger partial charge on any atom is -0.316 e. The van der Waals surface area contributed by atoms with Gasteiger partial charge in [-0.05, 0) is 61.8 Å². The molecule has 4 heteroatoms. The van der Waals surface area contributed by atoms with Gasteiger partial charge in [0.25, 0.3) is 0 Å². The first-order chi connectivity index (χ1) is 9.83. The van der Waals surface area contributed by atoms with Crippen molar-refractivity contribution < 1.29 is 0 Å². The van der Waals surface area contributed by atoms with Gasteiger partial charge >= 0.3 is 0 Å². The Kier molecular flexibility index (Phi) is 3.06. The average Bonchev–Trinajstić information content (AvgIpc) is 2.92. The molecule has 2 aromatic heterocycles. The fraction of sp³-hybridized carbons (Fsp3) is 0.250. The number of benzene rings is 1. The number of aromatic nitrogens is 1. The van der Waals surface area contributed by atoms with E-state index in [2.05, 4.69) is 34.3 Å². The molecule has 20 heavy (non-hydrogen) atoms. The lowest BCUT2D eigenvalue weighted by Gasteiger charge is -2.07. The zero-order valence-electron chi connectivity index (χ0n) is 11.0. The number of hydrogen-bond donors (Lipinski definition) is 1. The van der Waals surface area contributed by atoms with E-state index in [1.54, 1.807) is 4.88 Å². The van der Waals surface area contributed by atoms with Gasteiger partial charge in [-0.2, -0.15) is 0 Å². The molecule has 1 N–H and O–H groups in total. The van der Waals surface area contributed by atoms with Crippen molar-refractivity contribution >= 4 is 33.2 Å².